The molecule has 0 aromatic heterocycles. The van der Waals surface area contributed by atoms with Crippen molar-refractivity contribution in [1.82, 2.24) is 0 Å². The summed E-state index contributed by atoms with van der Waals surface area (Å²) in [5.41, 5.74) is 14.0. The van der Waals surface area contributed by atoms with Crippen LogP contribution in [0, 0.1) is 0 Å². The molecular formula is C10H12Cl2N2. The van der Waals surface area contributed by atoms with Gasteiger partial charge in [-0.15, -0.1) is 0 Å². The van der Waals surface area contributed by atoms with Gasteiger partial charge in [-0.1, -0.05) is 23.2 Å². The van der Waals surface area contributed by atoms with Gasteiger partial charge in [0.15, 0.2) is 0 Å². The molecule has 0 saturated heterocycles. The van der Waals surface area contributed by atoms with Gasteiger partial charge in [-0.25, -0.2) is 0 Å². The third-order valence-electron chi connectivity index (χ3n) is 2.09. The number of nitrogen functional groups attached to an aromatic ring is 2. The highest BCUT2D eigenvalue weighted by atomic mass is 35.5. The lowest BCUT2D eigenvalue weighted by Crippen LogP contribution is -1.96. The molecule has 1 rings (SSSR count). The molecule has 0 atom stereocenters. The Hall–Kier alpha value is -0.860. The molecule has 0 radical (unpaired) electrons. The van der Waals surface area contributed by atoms with Gasteiger partial charge in [0.1, 0.15) is 0 Å². The number of hydrogen-bond donors (Lipinski definition) is 2. The smallest absolute Gasteiger partial charge is 0.0563 e. The maximum absolute atomic E-state index is 6.01. The number of halogens is 2. The van der Waals surface area contributed by atoms with Crippen LogP contribution in [0.15, 0.2) is 17.2 Å². The largest absolute Gasteiger partial charge is 0.397 e. The SMILES string of the molecule is CC(Cl)=C(C)c1cc(N)c(N)cc1Cl. The van der Waals surface area contributed by atoms with E-state index in [0.29, 0.717) is 21.4 Å². The molecule has 4 heteroatoms. The Kier molecular flexibility index (Phi) is 3.29. The third kappa shape index (κ3) is 2.14. The Morgan fingerprint density at radius 1 is 1.14 bits per heavy atom. The Morgan fingerprint density at radius 3 is 2.14 bits per heavy atom. The van der Waals surface area contributed by atoms with E-state index in [2.05, 4.69) is 0 Å². The molecule has 0 heterocycles. The number of rotatable bonds is 1. The van der Waals surface area contributed by atoms with Crippen LogP contribution in [0.2, 0.25) is 5.02 Å². The van der Waals surface area contributed by atoms with E-state index in [0.717, 1.165) is 11.1 Å². The summed E-state index contributed by atoms with van der Waals surface area (Å²) in [6.07, 6.45) is 0. The summed E-state index contributed by atoms with van der Waals surface area (Å²) >= 11 is 11.9. The number of allylic oxidation sites excluding steroid dienone is 2. The van der Waals surface area contributed by atoms with Crippen molar-refractivity contribution in [1.29, 1.82) is 0 Å². The van der Waals surface area contributed by atoms with Gasteiger partial charge in [0.25, 0.3) is 0 Å². The highest BCUT2D eigenvalue weighted by Gasteiger charge is 2.07. The lowest BCUT2D eigenvalue weighted by Gasteiger charge is -2.09. The third-order valence-corrected chi connectivity index (χ3v) is 2.69. The first kappa shape index (κ1) is 11.2. The minimum absolute atomic E-state index is 0.485. The average molecular weight is 231 g/mol. The van der Waals surface area contributed by atoms with Gasteiger partial charge in [-0.2, -0.15) is 0 Å². The topological polar surface area (TPSA) is 52.0 Å². The molecule has 0 aliphatic heterocycles. The maximum Gasteiger partial charge on any atom is 0.0563 e. The monoisotopic (exact) mass is 230 g/mol. The predicted octanol–water partition coefficient (Wildman–Crippen LogP) is 3.49. The van der Waals surface area contributed by atoms with Crippen molar-refractivity contribution in [3.05, 3.63) is 27.8 Å². The minimum atomic E-state index is 0.485. The van der Waals surface area contributed by atoms with E-state index in [9.17, 15) is 0 Å². The summed E-state index contributed by atoms with van der Waals surface area (Å²) in [4.78, 5) is 0. The molecule has 0 spiro atoms. The van der Waals surface area contributed by atoms with Crippen LogP contribution in [0.3, 0.4) is 0 Å². The fraction of sp³-hybridized carbons (Fsp3) is 0.200. The standard InChI is InChI=1S/C10H12Cl2N2/c1-5(6(2)11)7-3-9(13)10(14)4-8(7)12/h3-4H,13-14H2,1-2H3. The van der Waals surface area contributed by atoms with Gasteiger partial charge in [0.2, 0.25) is 0 Å². The van der Waals surface area contributed by atoms with Crippen LogP contribution in [0.1, 0.15) is 19.4 Å². The Labute approximate surface area is 93.5 Å². The zero-order valence-corrected chi connectivity index (χ0v) is 9.58. The van der Waals surface area contributed by atoms with Crippen LogP contribution in [-0.4, -0.2) is 0 Å². The molecule has 4 N–H and O–H groups in total. The van der Waals surface area contributed by atoms with E-state index in [1.807, 2.05) is 6.92 Å². The zero-order valence-electron chi connectivity index (χ0n) is 8.07. The van der Waals surface area contributed by atoms with Gasteiger partial charge >= 0.3 is 0 Å². The van der Waals surface area contributed by atoms with Crippen molar-refractivity contribution in [3.8, 4) is 0 Å². The molecule has 0 bridgehead atoms. The van der Waals surface area contributed by atoms with Gasteiger partial charge in [-0.05, 0) is 37.1 Å². The Bertz CT molecular complexity index is 393. The second-order valence-corrected chi connectivity index (χ2v) is 4.09. The molecule has 1 aromatic rings. The fourth-order valence-corrected chi connectivity index (χ4v) is 1.49. The van der Waals surface area contributed by atoms with Gasteiger partial charge in [0, 0.05) is 5.03 Å². The predicted molar refractivity (Wildman–Crippen MR) is 64.4 cm³/mol. The molecule has 0 fully saturated rings. The first-order valence-corrected chi connectivity index (χ1v) is 4.87. The number of benzene rings is 1. The number of nitrogens with two attached hydrogens (primary N) is 2. The summed E-state index contributed by atoms with van der Waals surface area (Å²) in [7, 11) is 0. The molecule has 14 heavy (non-hydrogen) atoms. The van der Waals surface area contributed by atoms with Gasteiger partial charge in [0.05, 0.1) is 16.4 Å². The lowest BCUT2D eigenvalue weighted by atomic mass is 10.1. The molecule has 0 saturated carbocycles. The van der Waals surface area contributed by atoms with E-state index in [-0.39, 0.29) is 0 Å². The van der Waals surface area contributed by atoms with E-state index < -0.39 is 0 Å². The van der Waals surface area contributed by atoms with Crippen LogP contribution in [0.4, 0.5) is 11.4 Å². The van der Waals surface area contributed by atoms with Gasteiger partial charge < -0.3 is 11.5 Å². The number of hydrogen-bond acceptors (Lipinski definition) is 2. The van der Waals surface area contributed by atoms with E-state index in [1.54, 1.807) is 19.1 Å². The van der Waals surface area contributed by atoms with Crippen LogP contribution in [0.5, 0.6) is 0 Å². The highest BCUT2D eigenvalue weighted by Crippen LogP contribution is 2.32. The summed E-state index contributed by atoms with van der Waals surface area (Å²) in [6, 6.07) is 3.37. The van der Waals surface area contributed by atoms with E-state index in [4.69, 9.17) is 34.7 Å². The summed E-state index contributed by atoms with van der Waals surface area (Å²) < 4.78 is 0. The molecule has 0 amide bonds. The van der Waals surface area contributed by atoms with Crippen molar-refractivity contribution >= 4 is 40.1 Å². The van der Waals surface area contributed by atoms with Crippen molar-refractivity contribution in [2.75, 3.05) is 11.5 Å². The molecule has 0 aliphatic rings. The second kappa shape index (κ2) is 4.11. The summed E-state index contributed by atoms with van der Waals surface area (Å²) in [5.74, 6) is 0. The molecule has 1 aromatic carbocycles. The Balaban J connectivity index is 3.37. The van der Waals surface area contributed by atoms with Crippen LogP contribution in [-0.2, 0) is 0 Å². The van der Waals surface area contributed by atoms with E-state index >= 15 is 0 Å². The minimum Gasteiger partial charge on any atom is -0.397 e. The molecule has 76 valence electrons. The first-order chi connectivity index (χ1) is 6.43. The fourth-order valence-electron chi connectivity index (χ4n) is 1.08. The number of anilines is 2. The van der Waals surface area contributed by atoms with Crippen molar-refractivity contribution in [2.45, 2.75) is 13.8 Å². The van der Waals surface area contributed by atoms with Gasteiger partial charge in [-0.3, -0.25) is 0 Å². The normalized spacial score (nSPS) is 12.6. The van der Waals surface area contributed by atoms with Crippen LogP contribution >= 0.6 is 23.2 Å². The molecule has 0 aliphatic carbocycles. The average Bonchev–Trinajstić information content (AvgIpc) is 2.10. The second-order valence-electron chi connectivity index (χ2n) is 3.12. The first-order valence-electron chi connectivity index (χ1n) is 4.11. The van der Waals surface area contributed by atoms with Crippen molar-refractivity contribution in [2.24, 2.45) is 0 Å². The molecule has 2 nitrogen and oxygen atoms in total. The lowest BCUT2D eigenvalue weighted by molar-refractivity contribution is 1.51. The Morgan fingerprint density at radius 2 is 1.64 bits per heavy atom. The maximum atomic E-state index is 6.01. The zero-order chi connectivity index (χ0) is 10.9. The quantitative estimate of drug-likeness (QED) is 0.726. The molecular weight excluding hydrogens is 219 g/mol. The summed E-state index contributed by atoms with van der Waals surface area (Å²) in [5, 5.41) is 1.25. The van der Waals surface area contributed by atoms with Crippen LogP contribution in [0.25, 0.3) is 5.57 Å². The van der Waals surface area contributed by atoms with Crippen molar-refractivity contribution < 1.29 is 0 Å². The molecule has 0 unspecified atom stereocenters. The van der Waals surface area contributed by atoms with E-state index in [1.165, 1.54) is 0 Å². The summed E-state index contributed by atoms with van der Waals surface area (Å²) in [6.45, 7) is 3.69. The van der Waals surface area contributed by atoms with Crippen LogP contribution < -0.4 is 11.5 Å². The highest BCUT2D eigenvalue weighted by molar-refractivity contribution is 6.35. The van der Waals surface area contributed by atoms with Crippen molar-refractivity contribution in [3.63, 3.8) is 0 Å².